The number of esters is 1. The minimum Gasteiger partial charge on any atom is -0.493 e. The third-order valence-corrected chi connectivity index (χ3v) is 6.41. The molecule has 2 aromatic heterocycles. The lowest BCUT2D eigenvalue weighted by atomic mass is 9.80. The molecule has 37 heavy (non-hydrogen) atoms. The van der Waals surface area contributed by atoms with Crippen molar-refractivity contribution in [1.82, 2.24) is 15.0 Å². The Balaban J connectivity index is 1.52. The largest absolute Gasteiger partial charge is 0.493 e. The van der Waals surface area contributed by atoms with Gasteiger partial charge in [0.1, 0.15) is 5.82 Å². The summed E-state index contributed by atoms with van der Waals surface area (Å²) in [5, 5.41) is 5.18. The summed E-state index contributed by atoms with van der Waals surface area (Å²) in [7, 11) is 1.48. The molecule has 0 bridgehead atoms. The Bertz CT molecular complexity index is 1790. The van der Waals surface area contributed by atoms with Crippen molar-refractivity contribution in [1.29, 1.82) is 0 Å². The lowest BCUT2D eigenvalue weighted by Crippen LogP contribution is -2.32. The first kappa shape index (κ1) is 22.3. The van der Waals surface area contributed by atoms with Gasteiger partial charge in [0.15, 0.2) is 11.5 Å². The van der Waals surface area contributed by atoms with Crippen molar-refractivity contribution in [3.63, 3.8) is 0 Å². The van der Waals surface area contributed by atoms with Crippen LogP contribution >= 0.6 is 0 Å². The van der Waals surface area contributed by atoms with Gasteiger partial charge >= 0.3 is 11.7 Å². The van der Waals surface area contributed by atoms with Crippen molar-refractivity contribution in [2.24, 2.45) is 0 Å². The fourth-order valence-electron chi connectivity index (χ4n) is 4.79. The number of nitrogens with zero attached hydrogens (tertiary/aromatic N) is 1. The third-order valence-electron chi connectivity index (χ3n) is 6.41. The average molecular weight is 492 g/mol. The number of benzene rings is 3. The van der Waals surface area contributed by atoms with E-state index in [0.717, 1.165) is 27.6 Å². The van der Waals surface area contributed by atoms with Crippen LogP contribution in [0.15, 0.2) is 88.7 Å². The number of carbonyl (C=O) groups is 1. The normalized spacial score (nSPS) is 13.8. The van der Waals surface area contributed by atoms with Crippen LogP contribution in [0.2, 0.25) is 0 Å². The van der Waals surface area contributed by atoms with Gasteiger partial charge in [-0.2, -0.15) is 0 Å². The van der Waals surface area contributed by atoms with Gasteiger partial charge in [0.25, 0.3) is 5.56 Å². The molecule has 1 aliphatic rings. The van der Waals surface area contributed by atoms with Crippen LogP contribution in [-0.4, -0.2) is 28.0 Å². The molecule has 9 nitrogen and oxygen atoms in total. The summed E-state index contributed by atoms with van der Waals surface area (Å²) in [5.74, 6) is -0.250. The molecule has 0 spiro atoms. The first-order valence-corrected chi connectivity index (χ1v) is 11.5. The molecule has 1 atom stereocenters. The highest BCUT2D eigenvalue weighted by atomic mass is 16.6. The molecule has 1 unspecified atom stereocenters. The lowest BCUT2D eigenvalue weighted by Gasteiger charge is -2.30. The zero-order valence-corrected chi connectivity index (χ0v) is 19.6. The highest BCUT2D eigenvalue weighted by molar-refractivity contribution is 5.94. The number of rotatable bonds is 4. The maximum atomic E-state index is 13.1. The Kier molecular flexibility index (Phi) is 5.30. The van der Waals surface area contributed by atoms with Gasteiger partial charge in [-0.25, -0.2) is 9.59 Å². The second-order valence-electron chi connectivity index (χ2n) is 8.54. The minimum absolute atomic E-state index is 0.225. The molecule has 0 aliphatic carbocycles. The van der Waals surface area contributed by atoms with Crippen LogP contribution in [-0.2, 0) is 0 Å². The van der Waals surface area contributed by atoms with Gasteiger partial charge in [-0.15, -0.1) is 0 Å². The van der Waals surface area contributed by atoms with Crippen molar-refractivity contribution < 1.29 is 14.3 Å². The van der Waals surface area contributed by atoms with Gasteiger partial charge in [0.05, 0.1) is 18.2 Å². The molecule has 1 aliphatic heterocycles. The van der Waals surface area contributed by atoms with Crippen LogP contribution in [0.25, 0.3) is 10.8 Å². The van der Waals surface area contributed by atoms with Gasteiger partial charge in [0.2, 0.25) is 0 Å². The molecule has 6 rings (SSSR count). The molecule has 0 amide bonds. The molecule has 9 heteroatoms. The number of fused-ring (bicyclic) bond motifs is 4. The lowest BCUT2D eigenvalue weighted by molar-refractivity contribution is 0.0729. The molecule has 0 fully saturated rings. The Labute approximate surface area is 209 Å². The summed E-state index contributed by atoms with van der Waals surface area (Å²) in [6.45, 7) is 0. The number of pyridine rings is 1. The van der Waals surface area contributed by atoms with Crippen LogP contribution in [0, 0.1) is 0 Å². The van der Waals surface area contributed by atoms with Crippen LogP contribution < -0.4 is 26.0 Å². The summed E-state index contributed by atoms with van der Waals surface area (Å²) in [6.07, 6.45) is 2.99. The molecule has 0 saturated carbocycles. The molecule has 182 valence electrons. The molecule has 5 aromatic rings. The summed E-state index contributed by atoms with van der Waals surface area (Å²) >= 11 is 0. The predicted octanol–water partition coefficient (Wildman–Crippen LogP) is 4.08. The van der Waals surface area contributed by atoms with Gasteiger partial charge in [-0.05, 0) is 52.2 Å². The molecule has 0 saturated heterocycles. The van der Waals surface area contributed by atoms with Crippen molar-refractivity contribution in [2.75, 3.05) is 12.4 Å². The second-order valence-corrected chi connectivity index (χ2v) is 8.54. The second kappa shape index (κ2) is 8.80. The minimum atomic E-state index is -0.602. The summed E-state index contributed by atoms with van der Waals surface area (Å²) in [4.78, 5) is 46.8. The molecule has 3 heterocycles. The summed E-state index contributed by atoms with van der Waals surface area (Å²) in [5.41, 5.74) is 1.93. The Morgan fingerprint density at radius 3 is 2.59 bits per heavy atom. The number of H-pyrrole nitrogens is 2. The number of hydrogen-bond acceptors (Lipinski definition) is 7. The number of aromatic amines is 2. The maximum absolute atomic E-state index is 13.1. The van der Waals surface area contributed by atoms with E-state index >= 15 is 0 Å². The SMILES string of the molecule is COc1cc(C2c3c([nH]c(=O)[nH]c3=O)Nc3ccc4ccccc4c32)ccc1OC(=O)c1cccnc1. The number of anilines is 2. The Morgan fingerprint density at radius 2 is 1.78 bits per heavy atom. The van der Waals surface area contributed by atoms with Gasteiger partial charge < -0.3 is 14.8 Å². The van der Waals surface area contributed by atoms with Crippen molar-refractivity contribution in [2.45, 2.75) is 5.92 Å². The fourth-order valence-corrected chi connectivity index (χ4v) is 4.79. The number of ether oxygens (including phenoxy) is 2. The van der Waals surface area contributed by atoms with E-state index in [1.54, 1.807) is 36.5 Å². The van der Waals surface area contributed by atoms with E-state index in [9.17, 15) is 14.4 Å². The number of methoxy groups -OCH3 is 1. The van der Waals surface area contributed by atoms with Gasteiger partial charge in [-0.1, -0.05) is 36.4 Å². The smallest absolute Gasteiger partial charge is 0.345 e. The molecule has 3 N–H and O–H groups in total. The van der Waals surface area contributed by atoms with Crippen LogP contribution in [0.3, 0.4) is 0 Å². The number of carbonyl (C=O) groups excluding carboxylic acids is 1. The average Bonchev–Trinajstić information content (AvgIpc) is 2.92. The van der Waals surface area contributed by atoms with E-state index in [1.807, 2.05) is 36.4 Å². The van der Waals surface area contributed by atoms with E-state index in [4.69, 9.17) is 9.47 Å². The Morgan fingerprint density at radius 1 is 0.919 bits per heavy atom. The zero-order chi connectivity index (χ0) is 25.5. The highest BCUT2D eigenvalue weighted by Crippen LogP contribution is 2.46. The van der Waals surface area contributed by atoms with Crippen LogP contribution in [0.5, 0.6) is 11.5 Å². The third kappa shape index (κ3) is 3.82. The van der Waals surface area contributed by atoms with Gasteiger partial charge in [-0.3, -0.25) is 19.7 Å². The van der Waals surface area contributed by atoms with Crippen LogP contribution in [0.1, 0.15) is 33.0 Å². The van der Waals surface area contributed by atoms with Crippen molar-refractivity contribution >= 4 is 28.2 Å². The molecular formula is C28H20N4O5. The topological polar surface area (TPSA) is 126 Å². The quantitative estimate of drug-likeness (QED) is 0.250. The predicted molar refractivity (Wildman–Crippen MR) is 138 cm³/mol. The zero-order valence-electron chi connectivity index (χ0n) is 19.6. The van der Waals surface area contributed by atoms with Gasteiger partial charge in [0, 0.05) is 24.0 Å². The van der Waals surface area contributed by atoms with Crippen molar-refractivity contribution in [3.05, 3.63) is 122 Å². The monoisotopic (exact) mass is 492 g/mol. The van der Waals surface area contributed by atoms with E-state index < -0.39 is 23.1 Å². The standard InChI is InChI=1S/C28H20N4O5/c1-36-21-13-16(9-11-20(21)37-27(34)17-6-4-12-29-14-17)22-23-18-7-3-2-5-15(18)8-10-19(23)30-25-24(22)26(33)32-28(35)31-25/h2-14,22H,1H3,(H3,30,31,32,33,35). The maximum Gasteiger partial charge on any atom is 0.345 e. The van der Waals surface area contributed by atoms with E-state index in [-0.39, 0.29) is 5.75 Å². The van der Waals surface area contributed by atoms with E-state index in [0.29, 0.717) is 22.7 Å². The molecule has 3 aromatic carbocycles. The Hall–Kier alpha value is -5.18. The number of aromatic nitrogens is 3. The summed E-state index contributed by atoms with van der Waals surface area (Å²) in [6, 6.07) is 20.2. The summed E-state index contributed by atoms with van der Waals surface area (Å²) < 4.78 is 11.2. The number of nitrogens with one attached hydrogen (secondary N) is 3. The molecular weight excluding hydrogens is 472 g/mol. The van der Waals surface area contributed by atoms with Crippen molar-refractivity contribution in [3.8, 4) is 11.5 Å². The highest BCUT2D eigenvalue weighted by Gasteiger charge is 2.33. The first-order valence-electron chi connectivity index (χ1n) is 11.5. The number of hydrogen-bond donors (Lipinski definition) is 3. The van der Waals surface area contributed by atoms with E-state index in [1.165, 1.54) is 13.3 Å². The fraction of sp³-hybridized carbons (Fsp3) is 0.0714. The first-order chi connectivity index (χ1) is 18.0. The van der Waals surface area contributed by atoms with Crippen LogP contribution in [0.4, 0.5) is 11.5 Å². The van der Waals surface area contributed by atoms with E-state index in [2.05, 4.69) is 20.3 Å². The molecule has 0 radical (unpaired) electrons.